The third-order valence-electron chi connectivity index (χ3n) is 6.08. The molecule has 0 saturated carbocycles. The minimum absolute atomic E-state index is 0.0331. The van der Waals surface area contributed by atoms with Crippen LogP contribution in [0.5, 0.6) is 0 Å². The Kier molecular flexibility index (Phi) is 7.22. The SMILES string of the molecule is N[C@H]1CSc2ccc(C(=O)CCc3ccc(F)cc3)cc2N(Cc2ccc(-c3csnn3)cc2)C1=O. The number of aromatic nitrogens is 2. The highest BCUT2D eigenvalue weighted by Crippen LogP contribution is 2.36. The van der Waals surface area contributed by atoms with Crippen molar-refractivity contribution in [1.82, 2.24) is 9.59 Å². The maximum Gasteiger partial charge on any atom is 0.245 e. The van der Waals surface area contributed by atoms with Gasteiger partial charge in [0, 0.05) is 33.6 Å². The Bertz CT molecular complexity index is 1380. The summed E-state index contributed by atoms with van der Waals surface area (Å²) in [5.74, 6) is -0.0408. The zero-order valence-corrected chi connectivity index (χ0v) is 20.9. The van der Waals surface area contributed by atoms with E-state index in [4.69, 9.17) is 5.73 Å². The van der Waals surface area contributed by atoms with E-state index in [2.05, 4.69) is 9.59 Å². The van der Waals surface area contributed by atoms with Gasteiger partial charge < -0.3 is 10.6 Å². The van der Waals surface area contributed by atoms with Crippen LogP contribution in [0.1, 0.15) is 27.9 Å². The van der Waals surface area contributed by atoms with Crippen LogP contribution in [-0.4, -0.2) is 33.1 Å². The quantitative estimate of drug-likeness (QED) is 0.342. The predicted molar refractivity (Wildman–Crippen MR) is 141 cm³/mol. The van der Waals surface area contributed by atoms with E-state index in [0.29, 0.717) is 30.0 Å². The molecule has 36 heavy (non-hydrogen) atoms. The number of fused-ring (bicyclic) bond motifs is 1. The Morgan fingerprint density at radius 2 is 1.81 bits per heavy atom. The molecule has 1 atom stereocenters. The van der Waals surface area contributed by atoms with E-state index in [1.807, 2.05) is 35.7 Å². The molecule has 0 saturated heterocycles. The molecular weight excluding hydrogens is 495 g/mol. The number of hydrogen-bond acceptors (Lipinski definition) is 7. The summed E-state index contributed by atoms with van der Waals surface area (Å²) in [4.78, 5) is 28.8. The number of hydrogen-bond donors (Lipinski definition) is 1. The first kappa shape index (κ1) is 24.3. The molecule has 3 aromatic carbocycles. The van der Waals surface area contributed by atoms with Crippen LogP contribution in [0.15, 0.2) is 77.0 Å². The summed E-state index contributed by atoms with van der Waals surface area (Å²) in [5, 5.41) is 5.98. The molecule has 0 radical (unpaired) electrons. The number of thioether (sulfide) groups is 1. The number of ketones is 1. The van der Waals surface area contributed by atoms with Gasteiger partial charge in [-0.05, 0) is 53.3 Å². The van der Waals surface area contributed by atoms with Crippen molar-refractivity contribution in [3.05, 3.63) is 94.6 Å². The van der Waals surface area contributed by atoms with Crippen molar-refractivity contribution in [1.29, 1.82) is 0 Å². The van der Waals surface area contributed by atoms with Crippen LogP contribution in [0, 0.1) is 5.82 Å². The Balaban J connectivity index is 1.38. The maximum atomic E-state index is 13.2. The van der Waals surface area contributed by atoms with Crippen molar-refractivity contribution < 1.29 is 14.0 Å². The fraction of sp³-hybridized carbons (Fsp3) is 0.185. The Labute approximate surface area is 216 Å². The van der Waals surface area contributed by atoms with Crippen molar-refractivity contribution in [2.75, 3.05) is 10.7 Å². The van der Waals surface area contributed by atoms with Crippen LogP contribution < -0.4 is 10.6 Å². The highest BCUT2D eigenvalue weighted by Gasteiger charge is 2.29. The lowest BCUT2D eigenvalue weighted by Crippen LogP contribution is -2.44. The summed E-state index contributed by atoms with van der Waals surface area (Å²) in [7, 11) is 0. The van der Waals surface area contributed by atoms with Gasteiger partial charge >= 0.3 is 0 Å². The molecule has 182 valence electrons. The van der Waals surface area contributed by atoms with Crippen molar-refractivity contribution in [2.24, 2.45) is 5.73 Å². The average Bonchev–Trinajstić information content (AvgIpc) is 3.41. The first-order chi connectivity index (χ1) is 17.5. The minimum Gasteiger partial charge on any atom is -0.319 e. The number of carbonyl (C=O) groups is 2. The van der Waals surface area contributed by atoms with E-state index in [1.54, 1.807) is 29.2 Å². The number of nitrogens with zero attached hydrogens (tertiary/aromatic N) is 3. The van der Waals surface area contributed by atoms with Crippen molar-refractivity contribution >= 4 is 40.7 Å². The maximum absolute atomic E-state index is 13.2. The summed E-state index contributed by atoms with van der Waals surface area (Å²) in [6, 6.07) is 18.9. The topological polar surface area (TPSA) is 89.2 Å². The number of Topliss-reactive ketones (excluding diaryl/α,β-unsaturated/α-hetero) is 1. The zero-order chi connectivity index (χ0) is 25.1. The molecule has 0 spiro atoms. The fourth-order valence-corrected chi connectivity index (χ4v) is 5.51. The van der Waals surface area contributed by atoms with Crippen LogP contribution >= 0.6 is 23.3 Å². The molecule has 1 aromatic heterocycles. The van der Waals surface area contributed by atoms with Gasteiger partial charge in [-0.2, -0.15) is 0 Å². The van der Waals surface area contributed by atoms with Gasteiger partial charge in [0.2, 0.25) is 5.91 Å². The van der Waals surface area contributed by atoms with Gasteiger partial charge in [0.1, 0.15) is 11.5 Å². The van der Waals surface area contributed by atoms with E-state index in [-0.39, 0.29) is 23.9 Å². The first-order valence-corrected chi connectivity index (χ1v) is 13.3. The molecule has 4 aromatic rings. The molecule has 0 fully saturated rings. The van der Waals surface area contributed by atoms with Crippen molar-refractivity contribution in [3.8, 4) is 11.3 Å². The number of anilines is 1. The number of aryl methyl sites for hydroxylation is 1. The molecule has 1 amide bonds. The smallest absolute Gasteiger partial charge is 0.245 e. The molecular formula is C27H23FN4O2S2. The second-order valence-corrected chi connectivity index (χ2v) is 10.2. The lowest BCUT2D eigenvalue weighted by atomic mass is 10.0. The van der Waals surface area contributed by atoms with Gasteiger partial charge in [0.05, 0.1) is 18.3 Å². The van der Waals surface area contributed by atoms with Crippen LogP contribution in [-0.2, 0) is 17.8 Å². The summed E-state index contributed by atoms with van der Waals surface area (Å²) >= 11 is 2.82. The summed E-state index contributed by atoms with van der Waals surface area (Å²) in [6.45, 7) is 0.336. The second-order valence-electron chi connectivity index (χ2n) is 8.56. The summed E-state index contributed by atoms with van der Waals surface area (Å²) < 4.78 is 17.1. The Hall–Kier alpha value is -3.40. The van der Waals surface area contributed by atoms with Crippen molar-refractivity contribution in [2.45, 2.75) is 30.3 Å². The number of benzene rings is 3. The third kappa shape index (κ3) is 5.38. The van der Waals surface area contributed by atoms with Crippen LogP contribution in [0.4, 0.5) is 10.1 Å². The lowest BCUT2D eigenvalue weighted by Gasteiger charge is -2.25. The largest absolute Gasteiger partial charge is 0.319 e. The molecule has 2 N–H and O–H groups in total. The van der Waals surface area contributed by atoms with Gasteiger partial charge in [-0.3, -0.25) is 9.59 Å². The second kappa shape index (κ2) is 10.7. The van der Waals surface area contributed by atoms with Gasteiger partial charge in [0.15, 0.2) is 5.78 Å². The molecule has 0 unspecified atom stereocenters. The van der Waals surface area contributed by atoms with E-state index in [0.717, 1.165) is 27.3 Å². The van der Waals surface area contributed by atoms with Crippen LogP contribution in [0.25, 0.3) is 11.3 Å². The highest BCUT2D eigenvalue weighted by molar-refractivity contribution is 7.99. The molecule has 0 aliphatic carbocycles. The number of rotatable bonds is 7. The molecule has 1 aliphatic rings. The van der Waals surface area contributed by atoms with Gasteiger partial charge in [-0.25, -0.2) is 4.39 Å². The van der Waals surface area contributed by atoms with E-state index >= 15 is 0 Å². The third-order valence-corrected chi connectivity index (χ3v) is 7.76. The predicted octanol–water partition coefficient (Wildman–Crippen LogP) is 5.13. The fourth-order valence-electron chi connectivity index (χ4n) is 4.06. The monoisotopic (exact) mass is 518 g/mol. The zero-order valence-electron chi connectivity index (χ0n) is 19.3. The number of nitrogens with two attached hydrogens (primary N) is 1. The van der Waals surface area contributed by atoms with E-state index < -0.39 is 6.04 Å². The van der Waals surface area contributed by atoms with Crippen molar-refractivity contribution in [3.63, 3.8) is 0 Å². The van der Waals surface area contributed by atoms with Crippen LogP contribution in [0.3, 0.4) is 0 Å². The summed E-state index contributed by atoms with van der Waals surface area (Å²) in [5.41, 5.74) is 11.0. The Morgan fingerprint density at radius 3 is 2.53 bits per heavy atom. The molecule has 1 aliphatic heterocycles. The van der Waals surface area contributed by atoms with E-state index in [1.165, 1.54) is 35.4 Å². The highest BCUT2D eigenvalue weighted by atomic mass is 32.2. The van der Waals surface area contributed by atoms with Gasteiger partial charge in [-0.15, -0.1) is 16.9 Å². The standard InChI is InChI=1S/C27H23FN4O2S2/c28-21-9-3-17(4-10-21)5-11-25(33)20-8-12-26-24(13-20)32(27(34)22(29)15-35-26)14-18-1-6-19(7-2-18)23-16-36-31-30-23/h1-4,6-10,12-13,16,22H,5,11,14-15,29H2/t22-/m0/s1. The molecule has 9 heteroatoms. The van der Waals surface area contributed by atoms with E-state index in [9.17, 15) is 14.0 Å². The van der Waals surface area contributed by atoms with Gasteiger partial charge in [0.25, 0.3) is 0 Å². The minimum atomic E-state index is -0.639. The van der Waals surface area contributed by atoms with Crippen LogP contribution in [0.2, 0.25) is 0 Å². The van der Waals surface area contributed by atoms with Gasteiger partial charge in [-0.1, -0.05) is 47.0 Å². The number of carbonyl (C=O) groups excluding carboxylic acids is 2. The summed E-state index contributed by atoms with van der Waals surface area (Å²) in [6.07, 6.45) is 0.803. The molecule has 2 heterocycles. The molecule has 0 bridgehead atoms. The Morgan fingerprint density at radius 1 is 1.06 bits per heavy atom. The lowest BCUT2D eigenvalue weighted by molar-refractivity contribution is -0.119. The molecule has 5 rings (SSSR count). The molecule has 6 nitrogen and oxygen atoms in total. The number of halogens is 1. The normalized spacial score (nSPS) is 15.4. The number of amides is 1. The first-order valence-electron chi connectivity index (χ1n) is 11.5. The average molecular weight is 519 g/mol.